The van der Waals surface area contributed by atoms with Gasteiger partial charge in [-0.3, -0.25) is 0 Å². The highest BCUT2D eigenvalue weighted by Crippen LogP contribution is 2.27. The summed E-state index contributed by atoms with van der Waals surface area (Å²) in [5.74, 6) is 0.0556. The van der Waals surface area contributed by atoms with Crippen molar-refractivity contribution in [2.45, 2.75) is 6.61 Å². The molecule has 7 nitrogen and oxygen atoms in total. The van der Waals surface area contributed by atoms with Crippen molar-refractivity contribution in [3.8, 4) is 0 Å². The van der Waals surface area contributed by atoms with E-state index in [0.29, 0.717) is 19.8 Å². The van der Waals surface area contributed by atoms with Crippen LogP contribution < -0.4 is 22.1 Å². The first-order valence-corrected chi connectivity index (χ1v) is 8.19. The Morgan fingerprint density at radius 3 is 2.62 bits per heavy atom. The Hall–Kier alpha value is -2.09. The predicted octanol–water partition coefficient (Wildman–Crippen LogP) is 0.375. The van der Waals surface area contributed by atoms with Crippen LogP contribution in [0.15, 0.2) is 35.3 Å². The van der Waals surface area contributed by atoms with Gasteiger partial charge in [-0.2, -0.15) is 0 Å². The quantitative estimate of drug-likeness (QED) is 0.288. The van der Waals surface area contributed by atoms with Gasteiger partial charge in [0.1, 0.15) is 0 Å². The second-order valence-electron chi connectivity index (χ2n) is 5.86. The first-order valence-electron chi connectivity index (χ1n) is 8.19. The third kappa shape index (κ3) is 5.52. The Labute approximate surface area is 143 Å². The fourth-order valence-corrected chi connectivity index (χ4v) is 2.66. The summed E-state index contributed by atoms with van der Waals surface area (Å²) in [5, 5.41) is 0. The van der Waals surface area contributed by atoms with Crippen LogP contribution in [-0.4, -0.2) is 57.2 Å². The Morgan fingerprint density at radius 1 is 1.21 bits per heavy atom. The first kappa shape index (κ1) is 18.3. The van der Waals surface area contributed by atoms with Crippen molar-refractivity contribution >= 4 is 17.3 Å². The van der Waals surface area contributed by atoms with E-state index in [9.17, 15) is 0 Å². The molecule has 0 spiro atoms. The van der Waals surface area contributed by atoms with E-state index >= 15 is 0 Å². The number of ether oxygens (including phenoxy) is 1. The molecule has 0 aromatic heterocycles. The highest BCUT2D eigenvalue weighted by Gasteiger charge is 2.17. The Balaban J connectivity index is 2.14. The van der Waals surface area contributed by atoms with Crippen LogP contribution in [0, 0.1) is 0 Å². The highest BCUT2D eigenvalue weighted by atomic mass is 16.5. The van der Waals surface area contributed by atoms with Crippen molar-refractivity contribution < 1.29 is 4.74 Å². The van der Waals surface area contributed by atoms with E-state index in [4.69, 9.17) is 21.9 Å². The van der Waals surface area contributed by atoms with E-state index in [1.165, 1.54) is 5.69 Å². The molecule has 24 heavy (non-hydrogen) atoms. The van der Waals surface area contributed by atoms with Crippen molar-refractivity contribution in [2.24, 2.45) is 22.2 Å². The van der Waals surface area contributed by atoms with E-state index in [-0.39, 0.29) is 5.96 Å². The molecule has 132 valence electrons. The van der Waals surface area contributed by atoms with Gasteiger partial charge in [0.15, 0.2) is 5.96 Å². The number of rotatable bonds is 7. The summed E-state index contributed by atoms with van der Waals surface area (Å²) < 4.78 is 5.74. The van der Waals surface area contributed by atoms with Crippen LogP contribution in [0.4, 0.5) is 11.4 Å². The lowest BCUT2D eigenvalue weighted by molar-refractivity contribution is 0.148. The molecule has 1 aliphatic rings. The average molecular weight is 332 g/mol. The third-order valence-corrected chi connectivity index (χ3v) is 3.94. The van der Waals surface area contributed by atoms with Crippen LogP contribution >= 0.6 is 0 Å². The summed E-state index contributed by atoms with van der Waals surface area (Å²) in [5.41, 5.74) is 19.4. The molecule has 0 atom stereocenters. The molecule has 0 unspecified atom stereocenters. The van der Waals surface area contributed by atoms with E-state index in [2.05, 4.69) is 27.9 Å². The Morgan fingerprint density at radius 2 is 1.96 bits per heavy atom. The molecule has 1 aromatic carbocycles. The van der Waals surface area contributed by atoms with Crippen molar-refractivity contribution in [3.05, 3.63) is 35.9 Å². The summed E-state index contributed by atoms with van der Waals surface area (Å²) in [7, 11) is 2.15. The van der Waals surface area contributed by atoms with Crippen LogP contribution in [0.1, 0.15) is 5.56 Å². The number of piperazine rings is 1. The van der Waals surface area contributed by atoms with Crippen molar-refractivity contribution in [1.29, 1.82) is 0 Å². The van der Waals surface area contributed by atoms with E-state index in [1.807, 2.05) is 24.3 Å². The number of benzene rings is 1. The summed E-state index contributed by atoms with van der Waals surface area (Å²) >= 11 is 0. The lowest BCUT2D eigenvalue weighted by Gasteiger charge is -2.35. The monoisotopic (exact) mass is 332 g/mol. The SMILES string of the molecule is CN1CCN(c2ccc(N=C(N)N)cc2COC/C=C/CN)CC1. The van der Waals surface area contributed by atoms with Crippen LogP contribution in [0.3, 0.4) is 0 Å². The lowest BCUT2D eigenvalue weighted by atomic mass is 10.1. The minimum absolute atomic E-state index is 0.0556. The van der Waals surface area contributed by atoms with Crippen LogP contribution in [0.5, 0.6) is 0 Å². The van der Waals surface area contributed by atoms with Gasteiger partial charge in [-0.25, -0.2) is 4.99 Å². The van der Waals surface area contributed by atoms with E-state index < -0.39 is 0 Å². The summed E-state index contributed by atoms with van der Waals surface area (Å²) in [6, 6.07) is 5.99. The zero-order chi connectivity index (χ0) is 17.4. The molecule has 6 N–H and O–H groups in total. The molecular formula is C17H28N6O. The van der Waals surface area contributed by atoms with Crippen LogP contribution in [0.2, 0.25) is 0 Å². The number of guanidine groups is 1. The van der Waals surface area contributed by atoms with Gasteiger partial charge in [0, 0.05) is 44.0 Å². The molecule has 1 heterocycles. The first-order chi connectivity index (χ1) is 11.6. The van der Waals surface area contributed by atoms with Crippen molar-refractivity contribution in [2.75, 3.05) is 51.3 Å². The van der Waals surface area contributed by atoms with Gasteiger partial charge in [-0.15, -0.1) is 0 Å². The zero-order valence-electron chi connectivity index (χ0n) is 14.3. The largest absolute Gasteiger partial charge is 0.373 e. The predicted molar refractivity (Wildman–Crippen MR) is 99.5 cm³/mol. The fourth-order valence-electron chi connectivity index (χ4n) is 2.66. The Bertz CT molecular complexity index is 574. The normalized spacial score (nSPS) is 15.8. The summed E-state index contributed by atoms with van der Waals surface area (Å²) in [6.07, 6.45) is 3.81. The second-order valence-corrected chi connectivity index (χ2v) is 5.86. The van der Waals surface area contributed by atoms with Gasteiger partial charge in [-0.1, -0.05) is 12.2 Å². The molecule has 2 rings (SSSR count). The molecule has 0 radical (unpaired) electrons. The number of nitrogens with zero attached hydrogens (tertiary/aromatic N) is 3. The number of likely N-dealkylation sites (N-methyl/N-ethyl adjacent to an activating group) is 1. The topological polar surface area (TPSA) is 106 Å². The molecule has 1 aliphatic heterocycles. The highest BCUT2D eigenvalue weighted by molar-refractivity contribution is 5.79. The van der Waals surface area contributed by atoms with Crippen molar-refractivity contribution in [3.63, 3.8) is 0 Å². The standard InChI is InChI=1S/C17H28N6O/c1-22-7-9-23(10-8-22)16-5-4-15(21-17(19)20)12-14(16)13-24-11-3-2-6-18/h2-5,12H,6-11,13,18H2,1H3,(H4,19,20,21)/b3-2+. The molecule has 1 saturated heterocycles. The van der Waals surface area contributed by atoms with E-state index in [0.717, 1.165) is 37.4 Å². The van der Waals surface area contributed by atoms with Gasteiger partial charge >= 0.3 is 0 Å². The van der Waals surface area contributed by atoms with Crippen LogP contribution in [0.25, 0.3) is 0 Å². The van der Waals surface area contributed by atoms with E-state index in [1.54, 1.807) is 0 Å². The smallest absolute Gasteiger partial charge is 0.191 e. The van der Waals surface area contributed by atoms with Crippen LogP contribution in [-0.2, 0) is 11.3 Å². The number of hydrogen-bond acceptors (Lipinski definition) is 5. The molecule has 7 heteroatoms. The minimum atomic E-state index is 0.0556. The van der Waals surface area contributed by atoms with Gasteiger partial charge < -0.3 is 31.7 Å². The minimum Gasteiger partial charge on any atom is -0.373 e. The third-order valence-electron chi connectivity index (χ3n) is 3.94. The Kier molecular flexibility index (Phi) is 7.05. The lowest BCUT2D eigenvalue weighted by Crippen LogP contribution is -2.44. The number of nitrogens with two attached hydrogens (primary N) is 3. The van der Waals surface area contributed by atoms with Gasteiger partial charge in [-0.05, 0) is 25.2 Å². The molecule has 0 aliphatic carbocycles. The molecular weight excluding hydrogens is 304 g/mol. The maximum atomic E-state index is 5.74. The fraction of sp³-hybridized carbons (Fsp3) is 0.471. The number of aliphatic imine (C=N–C) groups is 1. The van der Waals surface area contributed by atoms with Crippen molar-refractivity contribution in [1.82, 2.24) is 4.90 Å². The summed E-state index contributed by atoms with van der Waals surface area (Å²) in [4.78, 5) is 8.85. The average Bonchev–Trinajstić information content (AvgIpc) is 2.55. The molecule has 0 bridgehead atoms. The second kappa shape index (κ2) is 9.27. The number of anilines is 1. The summed E-state index contributed by atoms with van der Waals surface area (Å²) in [6.45, 7) is 5.66. The van der Waals surface area contributed by atoms with Gasteiger partial charge in [0.05, 0.1) is 18.9 Å². The molecule has 1 fully saturated rings. The maximum Gasteiger partial charge on any atom is 0.191 e. The van der Waals surface area contributed by atoms with Gasteiger partial charge in [0.25, 0.3) is 0 Å². The molecule has 0 saturated carbocycles. The van der Waals surface area contributed by atoms with Gasteiger partial charge in [0.2, 0.25) is 0 Å². The molecule has 1 aromatic rings. The zero-order valence-corrected chi connectivity index (χ0v) is 14.3. The number of hydrogen-bond donors (Lipinski definition) is 3. The molecule has 0 amide bonds. The maximum absolute atomic E-state index is 5.74.